The fraction of sp³-hybridized carbons (Fsp3) is 0.643. The van der Waals surface area contributed by atoms with Crippen molar-refractivity contribution < 1.29 is 19.4 Å². The van der Waals surface area contributed by atoms with Crippen LogP contribution >= 0.6 is 0 Å². The highest BCUT2D eigenvalue weighted by molar-refractivity contribution is 5.73. The average Bonchev–Trinajstić information content (AvgIpc) is 2.66. The number of carbonyl (C=O) groups is 2. The molecular weight excluding hydrogens is 400 g/mol. The molecule has 0 aromatic carbocycles. The third kappa shape index (κ3) is 19.8. The number of ether oxygens (including phenoxy) is 1. The molecule has 0 saturated heterocycles. The minimum Gasteiger partial charge on any atom is -0.481 e. The molecule has 0 unspecified atom stereocenters. The molecule has 0 aliphatic rings. The Hall–Kier alpha value is -2.10. The van der Waals surface area contributed by atoms with Gasteiger partial charge in [-0.2, -0.15) is 0 Å². The van der Waals surface area contributed by atoms with E-state index >= 15 is 0 Å². The summed E-state index contributed by atoms with van der Waals surface area (Å²) in [6.07, 6.45) is 13.2. The molecule has 0 aromatic heterocycles. The first-order valence-electron chi connectivity index (χ1n) is 11.7. The van der Waals surface area contributed by atoms with E-state index in [2.05, 4.69) is 53.7 Å². The van der Waals surface area contributed by atoms with Crippen LogP contribution < -0.4 is 0 Å². The zero-order chi connectivity index (χ0) is 25.3. The smallest absolute Gasteiger partial charge is 0.309 e. The summed E-state index contributed by atoms with van der Waals surface area (Å²) in [6, 6.07) is 0. The van der Waals surface area contributed by atoms with Crippen LogP contribution in [0.25, 0.3) is 0 Å². The maximum absolute atomic E-state index is 11.2. The van der Waals surface area contributed by atoms with E-state index in [0.29, 0.717) is 13.0 Å². The van der Waals surface area contributed by atoms with Crippen molar-refractivity contribution in [3.63, 3.8) is 0 Å². The molecular formula is C28H48O4. The van der Waals surface area contributed by atoms with Crippen LogP contribution in [-0.4, -0.2) is 23.7 Å². The van der Waals surface area contributed by atoms with Gasteiger partial charge in [0.25, 0.3) is 0 Å². The number of rotatable bonds is 12. The number of carbonyl (C=O) groups excluding carboxylic acids is 1. The standard InChI is InChI=1S/2C14H24O2/c1-11(2)7-6-8-12(3)9-10-14(4,5)13(15)16;1-11(2)7-6-8-13(5)9-10-16-14(15)12(3)4/h7,9H,6,8,10H2,1-5H3,(H,15,16);7,9,12H,6,8,10H2,1-5H3/b12-9+;13-9+. The van der Waals surface area contributed by atoms with Gasteiger partial charge in [0.15, 0.2) is 0 Å². The number of esters is 1. The minimum atomic E-state index is -0.735. The van der Waals surface area contributed by atoms with Crippen LogP contribution in [0.15, 0.2) is 46.6 Å². The number of carboxylic acids is 1. The van der Waals surface area contributed by atoms with Gasteiger partial charge in [-0.3, -0.25) is 9.59 Å². The Kier molecular flexibility index (Phi) is 17.5. The highest BCUT2D eigenvalue weighted by Crippen LogP contribution is 2.22. The van der Waals surface area contributed by atoms with Gasteiger partial charge in [0.1, 0.15) is 6.61 Å². The molecule has 0 aromatic rings. The highest BCUT2D eigenvalue weighted by atomic mass is 16.5. The van der Waals surface area contributed by atoms with E-state index in [1.54, 1.807) is 13.8 Å². The van der Waals surface area contributed by atoms with Crippen molar-refractivity contribution in [2.75, 3.05) is 6.61 Å². The summed E-state index contributed by atoms with van der Waals surface area (Å²) in [6.45, 7) is 20.1. The second-order valence-corrected chi connectivity index (χ2v) is 9.92. The van der Waals surface area contributed by atoms with Gasteiger partial charge in [-0.15, -0.1) is 0 Å². The summed E-state index contributed by atoms with van der Waals surface area (Å²) in [5.74, 6) is -0.909. The lowest BCUT2D eigenvalue weighted by Gasteiger charge is -2.16. The van der Waals surface area contributed by atoms with Crippen molar-refractivity contribution in [1.29, 1.82) is 0 Å². The highest BCUT2D eigenvalue weighted by Gasteiger charge is 2.25. The number of allylic oxidation sites excluding steroid dienone is 7. The molecule has 0 rings (SSSR count). The van der Waals surface area contributed by atoms with Crippen molar-refractivity contribution in [2.45, 2.75) is 101 Å². The zero-order valence-corrected chi connectivity index (χ0v) is 22.3. The first-order valence-corrected chi connectivity index (χ1v) is 11.7. The van der Waals surface area contributed by atoms with Gasteiger partial charge in [0.05, 0.1) is 11.3 Å². The van der Waals surface area contributed by atoms with E-state index in [1.165, 1.54) is 22.3 Å². The van der Waals surface area contributed by atoms with Crippen LogP contribution in [0.5, 0.6) is 0 Å². The number of hydrogen-bond acceptors (Lipinski definition) is 3. The SMILES string of the molecule is CC(C)=CCC/C(C)=C/CC(C)(C)C(=O)O.CC(C)=CCC/C(C)=C/COC(=O)C(C)C. The predicted molar refractivity (Wildman–Crippen MR) is 137 cm³/mol. The van der Waals surface area contributed by atoms with E-state index in [-0.39, 0.29) is 11.9 Å². The van der Waals surface area contributed by atoms with Gasteiger partial charge >= 0.3 is 11.9 Å². The Labute approximate surface area is 197 Å². The monoisotopic (exact) mass is 448 g/mol. The van der Waals surface area contributed by atoms with Gasteiger partial charge in [0, 0.05) is 0 Å². The largest absolute Gasteiger partial charge is 0.481 e. The summed E-state index contributed by atoms with van der Waals surface area (Å²) >= 11 is 0. The summed E-state index contributed by atoms with van der Waals surface area (Å²) in [5, 5.41) is 8.96. The van der Waals surface area contributed by atoms with Crippen molar-refractivity contribution in [3.8, 4) is 0 Å². The zero-order valence-electron chi connectivity index (χ0n) is 22.3. The van der Waals surface area contributed by atoms with Crippen molar-refractivity contribution in [1.82, 2.24) is 0 Å². The Morgan fingerprint density at radius 3 is 1.62 bits per heavy atom. The molecule has 0 amide bonds. The first-order chi connectivity index (χ1) is 14.7. The quantitative estimate of drug-likeness (QED) is 0.242. The molecule has 0 aliphatic heterocycles. The molecule has 0 radical (unpaired) electrons. The topological polar surface area (TPSA) is 63.6 Å². The summed E-state index contributed by atoms with van der Waals surface area (Å²) in [4.78, 5) is 22.1. The van der Waals surface area contributed by atoms with Crippen molar-refractivity contribution in [2.24, 2.45) is 11.3 Å². The molecule has 184 valence electrons. The molecule has 32 heavy (non-hydrogen) atoms. The summed E-state index contributed by atoms with van der Waals surface area (Å²) < 4.78 is 5.07. The Balaban J connectivity index is 0. The Morgan fingerprint density at radius 1 is 0.812 bits per heavy atom. The molecule has 4 nitrogen and oxygen atoms in total. The maximum Gasteiger partial charge on any atom is 0.309 e. The number of hydrogen-bond donors (Lipinski definition) is 1. The summed E-state index contributed by atoms with van der Waals surface area (Å²) in [7, 11) is 0. The molecule has 0 bridgehead atoms. The fourth-order valence-electron chi connectivity index (χ4n) is 2.33. The third-order valence-electron chi connectivity index (χ3n) is 4.85. The number of aliphatic carboxylic acids is 1. The second kappa shape index (κ2) is 17.5. The lowest BCUT2D eigenvalue weighted by molar-refractivity contribution is -0.147. The second-order valence-electron chi connectivity index (χ2n) is 9.92. The summed E-state index contributed by atoms with van der Waals surface area (Å²) in [5.41, 5.74) is 4.57. The van der Waals surface area contributed by atoms with Gasteiger partial charge in [-0.25, -0.2) is 0 Å². The molecule has 4 heteroatoms. The Bertz CT molecular complexity index is 678. The van der Waals surface area contributed by atoms with Crippen LogP contribution in [0.1, 0.15) is 101 Å². The predicted octanol–water partition coefficient (Wildman–Crippen LogP) is 8.06. The molecule has 1 N–H and O–H groups in total. The van der Waals surface area contributed by atoms with E-state index in [1.807, 2.05) is 26.0 Å². The van der Waals surface area contributed by atoms with E-state index in [4.69, 9.17) is 9.84 Å². The van der Waals surface area contributed by atoms with Gasteiger partial charge in [-0.1, -0.05) is 54.4 Å². The fourth-order valence-corrected chi connectivity index (χ4v) is 2.33. The van der Waals surface area contributed by atoms with E-state index in [9.17, 15) is 9.59 Å². The van der Waals surface area contributed by atoms with Crippen molar-refractivity contribution >= 4 is 11.9 Å². The first kappa shape index (κ1) is 32.1. The number of carboxylic acid groups (broad SMARTS) is 1. The van der Waals surface area contributed by atoms with E-state index < -0.39 is 11.4 Å². The van der Waals surface area contributed by atoms with Gasteiger partial charge in [-0.05, 0) is 93.6 Å². The van der Waals surface area contributed by atoms with Crippen LogP contribution in [0.3, 0.4) is 0 Å². The minimum absolute atomic E-state index is 0.0422. The molecule has 0 atom stereocenters. The molecule has 0 aliphatic carbocycles. The van der Waals surface area contributed by atoms with Crippen LogP contribution in [0.4, 0.5) is 0 Å². The lowest BCUT2D eigenvalue weighted by atomic mass is 9.88. The van der Waals surface area contributed by atoms with Crippen LogP contribution in [0, 0.1) is 11.3 Å². The van der Waals surface area contributed by atoms with Crippen molar-refractivity contribution in [3.05, 3.63) is 46.6 Å². The van der Waals surface area contributed by atoms with Gasteiger partial charge < -0.3 is 9.84 Å². The van der Waals surface area contributed by atoms with Gasteiger partial charge in [0.2, 0.25) is 0 Å². The lowest BCUT2D eigenvalue weighted by Crippen LogP contribution is -2.22. The average molecular weight is 449 g/mol. The Morgan fingerprint density at radius 2 is 1.25 bits per heavy atom. The van der Waals surface area contributed by atoms with E-state index in [0.717, 1.165) is 25.7 Å². The van der Waals surface area contributed by atoms with Crippen LogP contribution in [0.2, 0.25) is 0 Å². The van der Waals surface area contributed by atoms with Crippen LogP contribution in [-0.2, 0) is 14.3 Å². The maximum atomic E-state index is 11.2. The molecule has 0 heterocycles. The molecule has 0 fully saturated rings. The molecule has 0 spiro atoms. The molecule has 0 saturated carbocycles. The normalized spacial score (nSPS) is 12.0. The third-order valence-corrected chi connectivity index (χ3v) is 4.85.